The lowest BCUT2D eigenvalue weighted by atomic mass is 9.96. The molecule has 0 aromatic carbocycles. The van der Waals surface area contributed by atoms with Gasteiger partial charge in [-0.3, -0.25) is 0 Å². The molecule has 0 bridgehead atoms. The normalized spacial score (nSPS) is 15.4. The second-order valence-corrected chi connectivity index (χ2v) is 5.72. The van der Waals surface area contributed by atoms with Crippen LogP contribution in [0.1, 0.15) is 46.0 Å². The molecule has 0 aliphatic heterocycles. The van der Waals surface area contributed by atoms with Gasteiger partial charge in [0.2, 0.25) is 0 Å². The van der Waals surface area contributed by atoms with Crippen molar-refractivity contribution in [2.24, 2.45) is 0 Å². The van der Waals surface area contributed by atoms with Gasteiger partial charge in [-0.25, -0.2) is 14.4 Å². The highest BCUT2D eigenvalue weighted by Gasteiger charge is 2.15. The minimum atomic E-state index is -0.653. The fourth-order valence-corrected chi connectivity index (χ4v) is 2.26. The van der Waals surface area contributed by atoms with Crippen LogP contribution in [0.5, 0.6) is 0 Å². The summed E-state index contributed by atoms with van der Waals surface area (Å²) in [6.07, 6.45) is 7.34. The predicted octanol–water partition coefficient (Wildman–Crippen LogP) is 1.67. The molecule has 0 spiro atoms. The molecule has 1 aliphatic rings. The molecule has 23 heavy (non-hydrogen) atoms. The SMILES string of the molecule is CC(C)OC(=O)/C=C/C(=O)OCCNC(=O)NC1CCCCC1. The standard InChI is InChI=1S/C16H26N2O5/c1-12(2)23-15(20)9-8-14(19)22-11-10-17-16(21)18-13-6-4-3-5-7-13/h8-9,12-13H,3-7,10-11H2,1-2H3,(H2,17,18,21)/b9-8+. The van der Waals surface area contributed by atoms with Gasteiger partial charge in [0.25, 0.3) is 0 Å². The molecule has 2 N–H and O–H groups in total. The van der Waals surface area contributed by atoms with E-state index in [1.54, 1.807) is 13.8 Å². The third kappa shape index (κ3) is 9.55. The van der Waals surface area contributed by atoms with Crippen LogP contribution in [-0.2, 0) is 19.1 Å². The zero-order valence-corrected chi connectivity index (χ0v) is 13.8. The maximum absolute atomic E-state index is 11.6. The van der Waals surface area contributed by atoms with Crippen molar-refractivity contribution >= 4 is 18.0 Å². The number of nitrogens with one attached hydrogen (secondary N) is 2. The molecule has 0 aromatic rings. The van der Waals surface area contributed by atoms with Gasteiger partial charge in [0.1, 0.15) is 6.61 Å². The molecule has 1 aliphatic carbocycles. The van der Waals surface area contributed by atoms with Crippen LogP contribution in [0.25, 0.3) is 0 Å². The maximum Gasteiger partial charge on any atom is 0.331 e. The number of rotatable bonds is 7. The Morgan fingerprint density at radius 2 is 1.74 bits per heavy atom. The number of urea groups is 1. The Labute approximate surface area is 136 Å². The van der Waals surface area contributed by atoms with Gasteiger partial charge in [-0.15, -0.1) is 0 Å². The van der Waals surface area contributed by atoms with Crippen molar-refractivity contribution in [3.63, 3.8) is 0 Å². The summed E-state index contributed by atoms with van der Waals surface area (Å²) < 4.78 is 9.69. The predicted molar refractivity (Wildman–Crippen MR) is 84.7 cm³/mol. The largest absolute Gasteiger partial charge is 0.461 e. The molecule has 1 rings (SSSR count). The van der Waals surface area contributed by atoms with Gasteiger partial charge >= 0.3 is 18.0 Å². The quantitative estimate of drug-likeness (QED) is 0.422. The van der Waals surface area contributed by atoms with Gasteiger partial charge in [0, 0.05) is 18.2 Å². The van der Waals surface area contributed by atoms with Crippen molar-refractivity contribution in [1.82, 2.24) is 10.6 Å². The van der Waals surface area contributed by atoms with Crippen molar-refractivity contribution < 1.29 is 23.9 Å². The van der Waals surface area contributed by atoms with Crippen molar-refractivity contribution in [2.45, 2.75) is 58.1 Å². The minimum Gasteiger partial charge on any atom is -0.461 e. The molecular weight excluding hydrogens is 300 g/mol. The summed E-state index contributed by atoms with van der Waals surface area (Å²) in [5.41, 5.74) is 0. The fraction of sp³-hybridized carbons (Fsp3) is 0.688. The first kappa shape index (κ1) is 19.0. The zero-order chi connectivity index (χ0) is 17.1. The Morgan fingerprint density at radius 1 is 1.09 bits per heavy atom. The second kappa shape index (κ2) is 10.6. The molecule has 7 nitrogen and oxygen atoms in total. The van der Waals surface area contributed by atoms with E-state index in [2.05, 4.69) is 10.6 Å². The molecule has 0 heterocycles. The highest BCUT2D eigenvalue weighted by molar-refractivity contribution is 5.91. The van der Waals surface area contributed by atoms with E-state index >= 15 is 0 Å². The number of hydrogen-bond acceptors (Lipinski definition) is 5. The molecule has 1 saturated carbocycles. The average molecular weight is 326 g/mol. The summed E-state index contributed by atoms with van der Waals surface area (Å²) in [5, 5.41) is 5.53. The van der Waals surface area contributed by atoms with Gasteiger partial charge in [-0.1, -0.05) is 19.3 Å². The average Bonchev–Trinajstić information content (AvgIpc) is 2.50. The Bertz CT molecular complexity index is 428. The number of esters is 2. The number of ether oxygens (including phenoxy) is 2. The van der Waals surface area contributed by atoms with E-state index in [9.17, 15) is 14.4 Å². The van der Waals surface area contributed by atoms with E-state index in [4.69, 9.17) is 9.47 Å². The lowest BCUT2D eigenvalue weighted by Gasteiger charge is -2.22. The van der Waals surface area contributed by atoms with Gasteiger partial charge in [-0.05, 0) is 26.7 Å². The van der Waals surface area contributed by atoms with Crippen LogP contribution < -0.4 is 10.6 Å². The molecule has 7 heteroatoms. The van der Waals surface area contributed by atoms with Gasteiger partial charge < -0.3 is 20.1 Å². The van der Waals surface area contributed by atoms with Gasteiger partial charge in [0.15, 0.2) is 0 Å². The van der Waals surface area contributed by atoms with Crippen LogP contribution in [0.4, 0.5) is 4.79 Å². The number of carbonyl (C=O) groups excluding carboxylic acids is 3. The lowest BCUT2D eigenvalue weighted by Crippen LogP contribution is -2.43. The first-order valence-electron chi connectivity index (χ1n) is 8.07. The first-order chi connectivity index (χ1) is 11.0. The first-order valence-corrected chi connectivity index (χ1v) is 8.07. The Balaban J connectivity index is 2.09. The van der Waals surface area contributed by atoms with Crippen LogP contribution in [0.15, 0.2) is 12.2 Å². The smallest absolute Gasteiger partial charge is 0.331 e. The molecule has 2 amide bonds. The van der Waals surface area contributed by atoms with E-state index in [-0.39, 0.29) is 31.3 Å². The zero-order valence-electron chi connectivity index (χ0n) is 13.8. The maximum atomic E-state index is 11.6. The van der Waals surface area contributed by atoms with E-state index in [0.717, 1.165) is 37.8 Å². The highest BCUT2D eigenvalue weighted by atomic mass is 16.5. The van der Waals surface area contributed by atoms with E-state index in [1.165, 1.54) is 6.42 Å². The van der Waals surface area contributed by atoms with Gasteiger partial charge in [0.05, 0.1) is 12.6 Å². The van der Waals surface area contributed by atoms with Crippen LogP contribution in [0.3, 0.4) is 0 Å². The summed E-state index contributed by atoms with van der Waals surface area (Å²) >= 11 is 0. The monoisotopic (exact) mass is 326 g/mol. The molecular formula is C16H26N2O5. The number of amides is 2. The van der Waals surface area contributed by atoms with Crippen molar-refractivity contribution in [3.8, 4) is 0 Å². The number of hydrogen-bond donors (Lipinski definition) is 2. The van der Waals surface area contributed by atoms with Gasteiger partial charge in [-0.2, -0.15) is 0 Å². The Hall–Kier alpha value is -2.05. The third-order valence-corrected chi connectivity index (χ3v) is 3.28. The summed E-state index contributed by atoms with van der Waals surface area (Å²) in [7, 11) is 0. The molecule has 130 valence electrons. The van der Waals surface area contributed by atoms with E-state index < -0.39 is 11.9 Å². The molecule has 0 saturated heterocycles. The van der Waals surface area contributed by atoms with Crippen molar-refractivity contribution in [3.05, 3.63) is 12.2 Å². The molecule has 1 fully saturated rings. The highest BCUT2D eigenvalue weighted by Crippen LogP contribution is 2.16. The molecule has 0 aromatic heterocycles. The van der Waals surface area contributed by atoms with E-state index in [1.807, 2.05) is 0 Å². The van der Waals surface area contributed by atoms with E-state index in [0.29, 0.717) is 0 Å². The number of carbonyl (C=O) groups is 3. The molecule has 0 atom stereocenters. The fourth-order valence-electron chi connectivity index (χ4n) is 2.26. The topological polar surface area (TPSA) is 93.7 Å². The second-order valence-electron chi connectivity index (χ2n) is 5.72. The minimum absolute atomic E-state index is 0.0422. The third-order valence-electron chi connectivity index (χ3n) is 3.28. The summed E-state index contributed by atoms with van der Waals surface area (Å²) in [6, 6.07) is -0.00907. The molecule has 0 unspecified atom stereocenters. The van der Waals surface area contributed by atoms with Crippen LogP contribution in [0, 0.1) is 0 Å². The lowest BCUT2D eigenvalue weighted by molar-refractivity contribution is -0.142. The van der Waals surface area contributed by atoms with Crippen molar-refractivity contribution in [1.29, 1.82) is 0 Å². The summed E-state index contributed by atoms with van der Waals surface area (Å²) in [5.74, 6) is -1.25. The Kier molecular flexibility index (Phi) is 8.79. The van der Waals surface area contributed by atoms with Crippen LogP contribution in [0.2, 0.25) is 0 Å². The van der Waals surface area contributed by atoms with Crippen LogP contribution >= 0.6 is 0 Å². The van der Waals surface area contributed by atoms with Crippen molar-refractivity contribution in [2.75, 3.05) is 13.2 Å². The molecule has 0 radical (unpaired) electrons. The van der Waals surface area contributed by atoms with Crippen LogP contribution in [-0.4, -0.2) is 43.3 Å². The Morgan fingerprint density at radius 3 is 2.39 bits per heavy atom. The summed E-state index contributed by atoms with van der Waals surface area (Å²) in [6.45, 7) is 3.69. The summed E-state index contributed by atoms with van der Waals surface area (Å²) in [4.78, 5) is 34.2.